The monoisotopic (exact) mass is 290 g/mol. The molecule has 0 aromatic heterocycles. The van der Waals surface area contributed by atoms with E-state index in [2.05, 4.69) is 0 Å². The van der Waals surface area contributed by atoms with E-state index in [1.54, 1.807) is 18.2 Å². The van der Waals surface area contributed by atoms with Gasteiger partial charge in [-0.15, -0.1) is 0 Å². The highest BCUT2D eigenvalue weighted by Gasteiger charge is 2.07. The van der Waals surface area contributed by atoms with Gasteiger partial charge in [0.15, 0.2) is 11.6 Å². The Morgan fingerprint density at radius 2 is 1.90 bits per heavy atom. The summed E-state index contributed by atoms with van der Waals surface area (Å²) in [6.45, 7) is 1.85. The molecule has 108 valence electrons. The summed E-state index contributed by atoms with van der Waals surface area (Å²) < 4.78 is 31.5. The lowest BCUT2D eigenvalue weighted by atomic mass is 10.1. The van der Waals surface area contributed by atoms with Gasteiger partial charge in [0.25, 0.3) is 0 Å². The van der Waals surface area contributed by atoms with Gasteiger partial charge in [-0.05, 0) is 37.3 Å². The summed E-state index contributed by atoms with van der Waals surface area (Å²) in [6, 6.07) is 8.33. The molecule has 21 heavy (non-hydrogen) atoms. The zero-order valence-corrected chi connectivity index (χ0v) is 11.1. The van der Waals surface area contributed by atoms with Gasteiger partial charge in [0, 0.05) is 17.7 Å². The molecule has 0 radical (unpaired) electrons. The Balaban J connectivity index is 2.34. The number of aliphatic carboxylic acids is 1. The zero-order chi connectivity index (χ0) is 15.4. The van der Waals surface area contributed by atoms with Crippen molar-refractivity contribution in [2.24, 2.45) is 0 Å². The van der Waals surface area contributed by atoms with Crippen LogP contribution in [-0.4, -0.2) is 11.1 Å². The number of carbonyl (C=O) groups is 1. The second-order valence-corrected chi connectivity index (χ2v) is 4.39. The Bertz CT molecular complexity index is 709. The van der Waals surface area contributed by atoms with Gasteiger partial charge in [0.1, 0.15) is 11.5 Å². The molecule has 0 heterocycles. The molecule has 0 aliphatic carbocycles. The molecule has 0 aliphatic heterocycles. The third kappa shape index (κ3) is 3.89. The number of benzene rings is 2. The molecule has 5 heteroatoms. The number of ether oxygens (including phenoxy) is 1. The molecule has 0 fully saturated rings. The van der Waals surface area contributed by atoms with Crippen molar-refractivity contribution < 1.29 is 23.4 Å². The molecule has 0 amide bonds. The average molecular weight is 290 g/mol. The van der Waals surface area contributed by atoms with E-state index in [4.69, 9.17) is 9.84 Å². The van der Waals surface area contributed by atoms with E-state index >= 15 is 0 Å². The van der Waals surface area contributed by atoms with Gasteiger partial charge in [-0.2, -0.15) is 0 Å². The van der Waals surface area contributed by atoms with E-state index in [0.717, 1.165) is 23.8 Å². The first-order chi connectivity index (χ1) is 9.95. The van der Waals surface area contributed by atoms with Gasteiger partial charge in [0.2, 0.25) is 0 Å². The topological polar surface area (TPSA) is 46.5 Å². The van der Waals surface area contributed by atoms with Crippen LogP contribution in [0, 0.1) is 18.6 Å². The Hall–Kier alpha value is -2.69. The van der Waals surface area contributed by atoms with Crippen molar-refractivity contribution in [3.8, 4) is 11.5 Å². The Morgan fingerprint density at radius 3 is 2.57 bits per heavy atom. The maximum atomic E-state index is 13.2. The zero-order valence-electron chi connectivity index (χ0n) is 11.1. The first-order valence-corrected chi connectivity index (χ1v) is 6.10. The predicted octanol–water partition coefficient (Wildman–Crippen LogP) is 4.16. The van der Waals surface area contributed by atoms with Crippen molar-refractivity contribution >= 4 is 12.0 Å². The summed E-state index contributed by atoms with van der Waals surface area (Å²) >= 11 is 0. The quantitative estimate of drug-likeness (QED) is 0.860. The second kappa shape index (κ2) is 6.17. The van der Waals surface area contributed by atoms with Gasteiger partial charge < -0.3 is 9.84 Å². The second-order valence-electron chi connectivity index (χ2n) is 4.39. The Morgan fingerprint density at radius 1 is 1.14 bits per heavy atom. The lowest BCUT2D eigenvalue weighted by Crippen LogP contribution is -1.92. The highest BCUT2D eigenvalue weighted by atomic mass is 19.2. The summed E-state index contributed by atoms with van der Waals surface area (Å²) in [5.74, 6) is -2.58. The lowest BCUT2D eigenvalue weighted by molar-refractivity contribution is -0.131. The Labute approximate surface area is 120 Å². The van der Waals surface area contributed by atoms with Crippen molar-refractivity contribution in [2.45, 2.75) is 6.92 Å². The molecule has 2 aromatic carbocycles. The lowest BCUT2D eigenvalue weighted by Gasteiger charge is -2.10. The first-order valence-electron chi connectivity index (χ1n) is 6.10. The molecule has 2 aromatic rings. The third-order valence-corrected chi connectivity index (χ3v) is 2.69. The maximum Gasteiger partial charge on any atom is 0.328 e. The van der Waals surface area contributed by atoms with Gasteiger partial charge in [-0.25, -0.2) is 13.6 Å². The highest BCUT2D eigenvalue weighted by Crippen LogP contribution is 2.28. The minimum atomic E-state index is -1.09. The van der Waals surface area contributed by atoms with Crippen LogP contribution in [0.25, 0.3) is 6.08 Å². The molecule has 0 aliphatic rings. The van der Waals surface area contributed by atoms with Crippen LogP contribution in [0.5, 0.6) is 11.5 Å². The number of rotatable bonds is 4. The van der Waals surface area contributed by atoms with Crippen LogP contribution >= 0.6 is 0 Å². The number of carboxylic acid groups (broad SMARTS) is 1. The number of aryl methyl sites for hydroxylation is 1. The van der Waals surface area contributed by atoms with Crippen LogP contribution in [-0.2, 0) is 4.79 Å². The molecule has 0 spiro atoms. The normalized spacial score (nSPS) is 10.8. The SMILES string of the molecule is Cc1ccc(Oc2ccc(F)c(F)c2)c(/C=C/C(=O)O)c1. The molecule has 0 saturated carbocycles. The van der Waals surface area contributed by atoms with Crippen LogP contribution in [0.4, 0.5) is 8.78 Å². The van der Waals surface area contributed by atoms with Crippen LogP contribution in [0.2, 0.25) is 0 Å². The molecular weight excluding hydrogens is 278 g/mol. The summed E-state index contributed by atoms with van der Waals surface area (Å²) in [6.07, 6.45) is 2.36. The Kier molecular flexibility index (Phi) is 4.33. The molecule has 0 saturated heterocycles. The maximum absolute atomic E-state index is 13.2. The van der Waals surface area contributed by atoms with Crippen LogP contribution < -0.4 is 4.74 Å². The van der Waals surface area contributed by atoms with Crippen molar-refractivity contribution in [3.63, 3.8) is 0 Å². The predicted molar refractivity (Wildman–Crippen MR) is 74.3 cm³/mol. The molecular formula is C16H12F2O3. The standard InChI is InChI=1S/C16H12F2O3/c1-10-2-6-15(11(8-10)3-7-16(19)20)21-12-4-5-13(17)14(18)9-12/h2-9H,1H3,(H,19,20)/b7-3+. The average Bonchev–Trinajstić information content (AvgIpc) is 2.43. The van der Waals surface area contributed by atoms with Crippen molar-refractivity contribution in [3.05, 3.63) is 65.2 Å². The molecule has 0 unspecified atom stereocenters. The van der Waals surface area contributed by atoms with Gasteiger partial charge in [-0.1, -0.05) is 11.6 Å². The van der Waals surface area contributed by atoms with Crippen molar-refractivity contribution in [1.29, 1.82) is 0 Å². The largest absolute Gasteiger partial charge is 0.478 e. The van der Waals surface area contributed by atoms with E-state index in [1.807, 2.05) is 6.92 Å². The van der Waals surface area contributed by atoms with Crippen LogP contribution in [0.1, 0.15) is 11.1 Å². The minimum Gasteiger partial charge on any atom is -0.478 e. The van der Waals surface area contributed by atoms with E-state index in [9.17, 15) is 13.6 Å². The van der Waals surface area contributed by atoms with Gasteiger partial charge >= 0.3 is 5.97 Å². The fourth-order valence-corrected chi connectivity index (χ4v) is 1.72. The summed E-state index contributed by atoms with van der Waals surface area (Å²) in [5.41, 5.74) is 1.44. The summed E-state index contributed by atoms with van der Waals surface area (Å²) in [4.78, 5) is 10.6. The molecule has 0 bridgehead atoms. The first kappa shape index (κ1) is 14.7. The van der Waals surface area contributed by atoms with Crippen molar-refractivity contribution in [2.75, 3.05) is 0 Å². The van der Waals surface area contributed by atoms with Gasteiger partial charge in [-0.3, -0.25) is 0 Å². The van der Waals surface area contributed by atoms with Crippen molar-refractivity contribution in [1.82, 2.24) is 0 Å². The highest BCUT2D eigenvalue weighted by molar-refractivity contribution is 5.86. The molecule has 2 rings (SSSR count). The fraction of sp³-hybridized carbons (Fsp3) is 0.0625. The number of halogens is 2. The smallest absolute Gasteiger partial charge is 0.328 e. The summed E-state index contributed by atoms with van der Waals surface area (Å²) in [7, 11) is 0. The summed E-state index contributed by atoms with van der Waals surface area (Å²) in [5, 5.41) is 8.67. The van der Waals surface area contributed by atoms with E-state index in [0.29, 0.717) is 11.3 Å². The molecule has 0 atom stereocenters. The fourth-order valence-electron chi connectivity index (χ4n) is 1.72. The third-order valence-electron chi connectivity index (χ3n) is 2.69. The van der Waals surface area contributed by atoms with Crippen LogP contribution in [0.15, 0.2) is 42.5 Å². The minimum absolute atomic E-state index is 0.128. The van der Waals surface area contributed by atoms with E-state index in [-0.39, 0.29) is 5.75 Å². The molecule has 1 N–H and O–H groups in total. The van der Waals surface area contributed by atoms with Crippen LogP contribution in [0.3, 0.4) is 0 Å². The number of carboxylic acids is 1. The number of hydrogen-bond donors (Lipinski definition) is 1. The van der Waals surface area contributed by atoms with Gasteiger partial charge in [0.05, 0.1) is 0 Å². The van der Waals surface area contributed by atoms with E-state index in [1.165, 1.54) is 12.1 Å². The number of hydrogen-bond acceptors (Lipinski definition) is 2. The molecule has 3 nitrogen and oxygen atoms in total. The van der Waals surface area contributed by atoms with E-state index < -0.39 is 17.6 Å².